The highest BCUT2D eigenvalue weighted by molar-refractivity contribution is 14.0. The minimum atomic E-state index is -3.07. The topological polar surface area (TPSA) is 80.2 Å². The molecule has 0 unspecified atom stereocenters. The van der Waals surface area contributed by atoms with Gasteiger partial charge in [-0.05, 0) is 19.9 Å². The molecule has 1 aromatic rings. The lowest BCUT2D eigenvalue weighted by Gasteiger charge is -2.39. The smallest absolute Gasteiger partial charge is 0.231 e. The first-order chi connectivity index (χ1) is 11.3. The molecule has 0 atom stereocenters. The van der Waals surface area contributed by atoms with E-state index in [-0.39, 0.29) is 36.5 Å². The molecule has 7 nitrogen and oxygen atoms in total. The van der Waals surface area contributed by atoms with Gasteiger partial charge in [0.2, 0.25) is 6.79 Å². The number of rotatable bonds is 2. The minimum Gasteiger partial charge on any atom is -0.454 e. The predicted octanol–water partition coefficient (Wildman–Crippen LogP) is 1.62. The first-order valence-corrected chi connectivity index (χ1v) is 9.55. The molecule has 0 spiro atoms. The summed E-state index contributed by atoms with van der Waals surface area (Å²) in [5.74, 6) is 2.32. The Morgan fingerprint density at radius 1 is 1.36 bits per heavy atom. The van der Waals surface area contributed by atoms with E-state index >= 15 is 0 Å². The van der Waals surface area contributed by atoms with Crippen LogP contribution in [0.1, 0.15) is 19.4 Å². The van der Waals surface area contributed by atoms with E-state index in [0.717, 1.165) is 17.1 Å². The number of fused-ring (bicyclic) bond motifs is 1. The third-order valence-corrected chi connectivity index (χ3v) is 7.00. The highest BCUT2D eigenvalue weighted by Gasteiger charge is 2.40. The average molecular weight is 481 g/mol. The zero-order chi connectivity index (χ0) is 17.4. The average Bonchev–Trinajstić information content (AvgIpc) is 3.00. The molecule has 2 aliphatic rings. The molecular formula is C16H24IN3O4S. The summed E-state index contributed by atoms with van der Waals surface area (Å²) in [5, 5.41) is 3.30. The van der Waals surface area contributed by atoms with Crippen molar-refractivity contribution in [3.63, 3.8) is 0 Å². The van der Waals surface area contributed by atoms with Crippen molar-refractivity contribution in [1.82, 2.24) is 10.2 Å². The number of sulfone groups is 1. The monoisotopic (exact) mass is 481 g/mol. The van der Waals surface area contributed by atoms with Gasteiger partial charge in [0.05, 0.1) is 10.5 Å². The quantitative estimate of drug-likeness (QED) is 0.393. The Labute approximate surface area is 165 Å². The molecule has 25 heavy (non-hydrogen) atoms. The minimum absolute atomic E-state index is 0. The molecule has 140 valence electrons. The van der Waals surface area contributed by atoms with Crippen LogP contribution in [0.3, 0.4) is 0 Å². The first kappa shape index (κ1) is 20.1. The highest BCUT2D eigenvalue weighted by Crippen LogP contribution is 2.35. The molecule has 2 heterocycles. The Hall–Kier alpha value is -1.23. The molecule has 1 N–H and O–H groups in total. The summed E-state index contributed by atoms with van der Waals surface area (Å²) in [7, 11) is -1.37. The number of guanidine groups is 1. The number of hydrogen-bond acceptors (Lipinski definition) is 5. The molecule has 0 aromatic heterocycles. The van der Waals surface area contributed by atoms with Crippen LogP contribution in [-0.4, -0.2) is 56.7 Å². The number of hydrogen-bond donors (Lipinski definition) is 1. The first-order valence-electron chi connectivity index (χ1n) is 7.89. The molecule has 1 fully saturated rings. The van der Waals surface area contributed by atoms with Crippen LogP contribution in [0, 0.1) is 0 Å². The number of nitrogens with one attached hydrogen (secondary N) is 1. The lowest BCUT2D eigenvalue weighted by molar-refractivity contribution is 0.173. The van der Waals surface area contributed by atoms with Gasteiger partial charge in [0.1, 0.15) is 0 Å². The lowest BCUT2D eigenvalue weighted by atomic mass is 10.2. The fraction of sp³-hybridized carbons (Fsp3) is 0.562. The second kappa shape index (κ2) is 7.56. The summed E-state index contributed by atoms with van der Waals surface area (Å²) in [4.78, 5) is 6.29. The van der Waals surface area contributed by atoms with Gasteiger partial charge in [-0.3, -0.25) is 4.99 Å². The zero-order valence-corrected chi connectivity index (χ0v) is 17.8. The van der Waals surface area contributed by atoms with Gasteiger partial charge < -0.3 is 19.7 Å². The van der Waals surface area contributed by atoms with Crippen molar-refractivity contribution in [3.05, 3.63) is 23.8 Å². The van der Waals surface area contributed by atoms with E-state index in [1.54, 1.807) is 20.9 Å². The molecule has 1 aromatic carbocycles. The van der Waals surface area contributed by atoms with Crippen molar-refractivity contribution in [2.75, 3.05) is 32.7 Å². The largest absolute Gasteiger partial charge is 0.454 e. The molecule has 0 radical (unpaired) electrons. The van der Waals surface area contributed by atoms with Crippen LogP contribution in [0.15, 0.2) is 23.2 Å². The van der Waals surface area contributed by atoms with E-state index < -0.39 is 14.6 Å². The van der Waals surface area contributed by atoms with E-state index in [4.69, 9.17) is 9.47 Å². The molecular weight excluding hydrogens is 457 g/mol. The summed E-state index contributed by atoms with van der Waals surface area (Å²) in [6.45, 7) is 5.15. The normalized spacial score (nSPS) is 20.8. The van der Waals surface area contributed by atoms with Crippen molar-refractivity contribution in [2.45, 2.75) is 25.1 Å². The van der Waals surface area contributed by atoms with Crippen molar-refractivity contribution in [3.8, 4) is 11.5 Å². The molecule has 9 heteroatoms. The van der Waals surface area contributed by atoms with Crippen LogP contribution >= 0.6 is 24.0 Å². The van der Waals surface area contributed by atoms with E-state index in [2.05, 4.69) is 10.3 Å². The Bertz CT molecular complexity index is 765. The van der Waals surface area contributed by atoms with Crippen LogP contribution in [-0.2, 0) is 16.4 Å². The number of ether oxygens (including phenoxy) is 2. The summed E-state index contributed by atoms with van der Waals surface area (Å²) < 4.78 is 34.4. The number of aliphatic imine (C=N–C) groups is 1. The van der Waals surface area contributed by atoms with Crippen LogP contribution in [0.25, 0.3) is 0 Å². The van der Waals surface area contributed by atoms with Gasteiger partial charge in [0.15, 0.2) is 27.3 Å². The van der Waals surface area contributed by atoms with Crippen LogP contribution in [0.5, 0.6) is 11.5 Å². The van der Waals surface area contributed by atoms with E-state index in [1.807, 2.05) is 23.1 Å². The second-order valence-corrected chi connectivity index (χ2v) is 9.29. The number of halogens is 1. The number of nitrogens with zero attached hydrogens (tertiary/aromatic N) is 2. The molecule has 1 saturated heterocycles. The second-order valence-electron chi connectivity index (χ2n) is 6.55. The SMILES string of the molecule is CN=C(NCc1cccc2c1OCO2)N1CCS(=O)(=O)C(C)(C)C1.I. The van der Waals surface area contributed by atoms with Gasteiger partial charge in [-0.2, -0.15) is 0 Å². The van der Waals surface area contributed by atoms with Crippen molar-refractivity contribution < 1.29 is 17.9 Å². The van der Waals surface area contributed by atoms with Gasteiger partial charge in [0.25, 0.3) is 0 Å². The molecule has 0 saturated carbocycles. The Morgan fingerprint density at radius 3 is 2.80 bits per heavy atom. The zero-order valence-electron chi connectivity index (χ0n) is 14.6. The fourth-order valence-corrected chi connectivity index (χ4v) is 4.33. The van der Waals surface area contributed by atoms with Gasteiger partial charge in [-0.1, -0.05) is 12.1 Å². The Morgan fingerprint density at radius 2 is 2.12 bits per heavy atom. The number of benzene rings is 1. The fourth-order valence-electron chi connectivity index (χ4n) is 2.96. The molecule has 0 amide bonds. The third-order valence-electron chi connectivity index (χ3n) is 4.47. The summed E-state index contributed by atoms with van der Waals surface area (Å²) >= 11 is 0. The van der Waals surface area contributed by atoms with E-state index in [9.17, 15) is 8.42 Å². The van der Waals surface area contributed by atoms with Gasteiger partial charge in [-0.15, -0.1) is 24.0 Å². The number of para-hydroxylation sites is 1. The summed E-state index contributed by atoms with van der Waals surface area (Å²) in [6, 6.07) is 5.76. The maximum Gasteiger partial charge on any atom is 0.231 e. The standard InChI is InChI=1S/C16H23N3O4S.HI/c1-16(2)10-19(7-8-24(16,20)21)15(17-3)18-9-12-5-4-6-13-14(12)23-11-22-13;/h4-6H,7-11H2,1-3H3,(H,17,18);1H. The van der Waals surface area contributed by atoms with Crippen molar-refractivity contribution >= 4 is 39.8 Å². The maximum atomic E-state index is 12.1. The summed E-state index contributed by atoms with van der Waals surface area (Å²) in [6.07, 6.45) is 0. The summed E-state index contributed by atoms with van der Waals surface area (Å²) in [5.41, 5.74) is 0.982. The molecule has 0 aliphatic carbocycles. The van der Waals surface area contributed by atoms with E-state index in [0.29, 0.717) is 25.6 Å². The Kier molecular flexibility index (Phi) is 6.08. The van der Waals surface area contributed by atoms with Crippen LogP contribution in [0.2, 0.25) is 0 Å². The Balaban J connectivity index is 0.00000225. The van der Waals surface area contributed by atoms with Crippen LogP contribution < -0.4 is 14.8 Å². The van der Waals surface area contributed by atoms with E-state index in [1.165, 1.54) is 0 Å². The van der Waals surface area contributed by atoms with Gasteiger partial charge >= 0.3 is 0 Å². The van der Waals surface area contributed by atoms with Crippen molar-refractivity contribution in [2.24, 2.45) is 4.99 Å². The third kappa shape index (κ3) is 3.97. The molecule has 2 aliphatic heterocycles. The maximum absolute atomic E-state index is 12.1. The van der Waals surface area contributed by atoms with Gasteiger partial charge in [0, 0.05) is 32.2 Å². The van der Waals surface area contributed by atoms with Crippen molar-refractivity contribution in [1.29, 1.82) is 0 Å². The van der Waals surface area contributed by atoms with Gasteiger partial charge in [-0.25, -0.2) is 8.42 Å². The van der Waals surface area contributed by atoms with Crippen LogP contribution in [0.4, 0.5) is 0 Å². The predicted molar refractivity (Wildman–Crippen MR) is 108 cm³/mol. The lowest BCUT2D eigenvalue weighted by Crippen LogP contribution is -2.57. The highest BCUT2D eigenvalue weighted by atomic mass is 127. The molecule has 3 rings (SSSR count). The molecule has 0 bridgehead atoms.